The van der Waals surface area contributed by atoms with E-state index in [1.807, 2.05) is 12.1 Å². The summed E-state index contributed by atoms with van der Waals surface area (Å²) in [6.45, 7) is 2.16. The van der Waals surface area contributed by atoms with Crippen LogP contribution in [0.2, 0.25) is 10.0 Å². The van der Waals surface area contributed by atoms with E-state index >= 15 is 0 Å². The number of halogens is 2. The highest BCUT2D eigenvalue weighted by Crippen LogP contribution is 2.29. The molecule has 1 aromatic heterocycles. The summed E-state index contributed by atoms with van der Waals surface area (Å²) in [6, 6.07) is 15.1. The molecular formula is C23H19Cl2N5O3. The Morgan fingerprint density at radius 1 is 1.03 bits per heavy atom. The summed E-state index contributed by atoms with van der Waals surface area (Å²) in [7, 11) is 0. The second-order valence-corrected chi connectivity index (χ2v) is 8.27. The molecular weight excluding hydrogens is 465 g/mol. The number of benzene rings is 3. The fraction of sp³-hybridized carbons (Fsp3) is 0.174. The van der Waals surface area contributed by atoms with E-state index < -0.39 is 10.8 Å². The van der Waals surface area contributed by atoms with E-state index in [9.17, 15) is 14.9 Å². The molecule has 0 radical (unpaired) electrons. The van der Waals surface area contributed by atoms with Crippen molar-refractivity contribution in [2.75, 3.05) is 5.32 Å². The Morgan fingerprint density at radius 3 is 2.39 bits per heavy atom. The zero-order chi connectivity index (χ0) is 23.5. The molecule has 0 aliphatic carbocycles. The molecule has 4 aromatic rings. The highest BCUT2D eigenvalue weighted by Gasteiger charge is 2.18. The number of unbranched alkanes of at least 4 members (excludes halogenated alkanes) is 1. The van der Waals surface area contributed by atoms with Crippen molar-refractivity contribution >= 4 is 51.5 Å². The number of hydrogen-bond acceptors (Lipinski definition) is 5. The summed E-state index contributed by atoms with van der Waals surface area (Å²) in [6.07, 6.45) is 3.31. The maximum Gasteiger partial charge on any atom is 0.288 e. The Bertz CT molecular complexity index is 1350. The summed E-state index contributed by atoms with van der Waals surface area (Å²) >= 11 is 12.2. The van der Waals surface area contributed by atoms with Crippen LogP contribution >= 0.6 is 23.2 Å². The highest BCUT2D eigenvalue weighted by atomic mass is 35.5. The van der Waals surface area contributed by atoms with Crippen LogP contribution in [0, 0.1) is 10.1 Å². The number of nitrogens with one attached hydrogen (secondary N) is 1. The fourth-order valence-corrected chi connectivity index (χ4v) is 3.71. The number of rotatable bonds is 7. The van der Waals surface area contributed by atoms with Gasteiger partial charge in [0.05, 0.1) is 21.3 Å². The lowest BCUT2D eigenvalue weighted by Gasteiger charge is -2.07. The normalized spacial score (nSPS) is 11.0. The third-order valence-electron chi connectivity index (χ3n) is 5.11. The molecule has 4 rings (SSSR count). The number of nitro benzene ring substituents is 1. The van der Waals surface area contributed by atoms with E-state index in [1.54, 1.807) is 12.1 Å². The van der Waals surface area contributed by atoms with Crippen molar-refractivity contribution in [2.24, 2.45) is 0 Å². The first-order chi connectivity index (χ1) is 15.9. The standard InChI is InChI=1S/C23H19Cl2N5O3/c1-2-3-4-14-5-8-16(9-6-14)29-27-20-12-18(25)19(13-21(20)28-29)26-23(31)15-7-10-17(24)22(11-15)30(32)33/h5-13H,2-4H2,1H3,(H,26,31). The van der Waals surface area contributed by atoms with Crippen LogP contribution in [0.1, 0.15) is 35.7 Å². The van der Waals surface area contributed by atoms with Crippen molar-refractivity contribution in [1.29, 1.82) is 0 Å². The van der Waals surface area contributed by atoms with Gasteiger partial charge in [0.25, 0.3) is 11.6 Å². The maximum atomic E-state index is 12.6. The average Bonchev–Trinajstić information content (AvgIpc) is 3.21. The predicted molar refractivity (Wildman–Crippen MR) is 129 cm³/mol. The molecule has 0 bridgehead atoms. The van der Waals surface area contributed by atoms with Gasteiger partial charge >= 0.3 is 0 Å². The molecule has 1 heterocycles. The Kier molecular flexibility index (Phi) is 6.57. The van der Waals surface area contributed by atoms with Gasteiger partial charge in [-0.25, -0.2) is 0 Å². The van der Waals surface area contributed by atoms with E-state index in [2.05, 4.69) is 34.6 Å². The van der Waals surface area contributed by atoms with Gasteiger partial charge in [-0.1, -0.05) is 48.7 Å². The van der Waals surface area contributed by atoms with Gasteiger partial charge in [-0.05, 0) is 54.8 Å². The SMILES string of the molecule is CCCCc1ccc(-n2nc3cc(Cl)c(NC(=O)c4ccc(Cl)c([N+](=O)[O-])c4)cc3n2)cc1. The van der Waals surface area contributed by atoms with E-state index in [4.69, 9.17) is 23.2 Å². The molecule has 8 nitrogen and oxygen atoms in total. The van der Waals surface area contributed by atoms with Crippen molar-refractivity contribution in [3.8, 4) is 5.69 Å². The number of amides is 1. The van der Waals surface area contributed by atoms with Gasteiger partial charge in [0.2, 0.25) is 0 Å². The van der Waals surface area contributed by atoms with Crippen molar-refractivity contribution in [1.82, 2.24) is 15.0 Å². The van der Waals surface area contributed by atoms with Crippen LogP contribution in [0.5, 0.6) is 0 Å². The molecule has 33 heavy (non-hydrogen) atoms. The summed E-state index contributed by atoms with van der Waals surface area (Å²) in [5.41, 5.74) is 3.20. The first-order valence-corrected chi connectivity index (χ1v) is 11.0. The number of nitro groups is 1. The Labute approximate surface area is 199 Å². The number of nitrogens with zero attached hydrogens (tertiary/aromatic N) is 4. The molecule has 0 saturated heterocycles. The van der Waals surface area contributed by atoms with Crippen LogP contribution in [0.15, 0.2) is 54.6 Å². The Hall–Kier alpha value is -3.49. The van der Waals surface area contributed by atoms with Crippen molar-refractivity contribution in [2.45, 2.75) is 26.2 Å². The summed E-state index contributed by atoms with van der Waals surface area (Å²) < 4.78 is 0. The largest absolute Gasteiger partial charge is 0.321 e. The average molecular weight is 484 g/mol. The molecule has 0 spiro atoms. The number of hydrogen-bond donors (Lipinski definition) is 1. The lowest BCUT2D eigenvalue weighted by molar-refractivity contribution is -0.384. The lowest BCUT2D eigenvalue weighted by atomic mass is 10.1. The van der Waals surface area contributed by atoms with E-state index in [0.29, 0.717) is 16.7 Å². The van der Waals surface area contributed by atoms with E-state index in [0.717, 1.165) is 31.0 Å². The topological polar surface area (TPSA) is 103 Å². The highest BCUT2D eigenvalue weighted by molar-refractivity contribution is 6.35. The monoisotopic (exact) mass is 483 g/mol. The molecule has 0 saturated carbocycles. The van der Waals surface area contributed by atoms with Gasteiger partial charge in [-0.3, -0.25) is 14.9 Å². The van der Waals surface area contributed by atoms with Crippen LogP contribution < -0.4 is 5.32 Å². The van der Waals surface area contributed by atoms with E-state index in [1.165, 1.54) is 22.5 Å². The fourth-order valence-electron chi connectivity index (χ4n) is 3.31. The second-order valence-electron chi connectivity index (χ2n) is 7.46. The molecule has 1 amide bonds. The van der Waals surface area contributed by atoms with E-state index in [-0.39, 0.29) is 21.3 Å². The van der Waals surface area contributed by atoms with Gasteiger partial charge in [0.15, 0.2) is 0 Å². The second kappa shape index (κ2) is 9.56. The van der Waals surface area contributed by atoms with Crippen LogP contribution in [-0.4, -0.2) is 25.8 Å². The minimum Gasteiger partial charge on any atom is -0.321 e. The number of aromatic nitrogens is 3. The molecule has 3 aromatic carbocycles. The molecule has 0 aliphatic rings. The third-order valence-corrected chi connectivity index (χ3v) is 5.74. The van der Waals surface area contributed by atoms with Gasteiger partial charge in [-0.2, -0.15) is 4.80 Å². The quantitative estimate of drug-likeness (QED) is 0.247. The van der Waals surface area contributed by atoms with Crippen LogP contribution in [0.3, 0.4) is 0 Å². The molecule has 0 fully saturated rings. The molecule has 10 heteroatoms. The Morgan fingerprint density at radius 2 is 1.73 bits per heavy atom. The predicted octanol–water partition coefficient (Wildman–Crippen LogP) is 6.23. The third kappa shape index (κ3) is 4.97. The van der Waals surface area contributed by atoms with Gasteiger partial charge in [0.1, 0.15) is 16.1 Å². The summed E-state index contributed by atoms with van der Waals surface area (Å²) in [5.74, 6) is -0.564. The zero-order valence-corrected chi connectivity index (χ0v) is 19.1. The number of carbonyl (C=O) groups is 1. The van der Waals surface area contributed by atoms with Gasteiger partial charge in [0, 0.05) is 11.6 Å². The van der Waals surface area contributed by atoms with Crippen molar-refractivity contribution in [3.63, 3.8) is 0 Å². The molecule has 168 valence electrons. The lowest BCUT2D eigenvalue weighted by Crippen LogP contribution is -2.12. The molecule has 0 aliphatic heterocycles. The number of carbonyl (C=O) groups excluding carboxylic acids is 1. The number of anilines is 1. The van der Waals surface area contributed by atoms with Gasteiger partial charge in [-0.15, -0.1) is 10.2 Å². The van der Waals surface area contributed by atoms with Crippen LogP contribution in [0.25, 0.3) is 16.7 Å². The zero-order valence-electron chi connectivity index (χ0n) is 17.6. The summed E-state index contributed by atoms with van der Waals surface area (Å²) in [4.78, 5) is 24.6. The Balaban J connectivity index is 1.58. The smallest absolute Gasteiger partial charge is 0.288 e. The van der Waals surface area contributed by atoms with Crippen molar-refractivity contribution < 1.29 is 9.72 Å². The minimum atomic E-state index is -0.646. The minimum absolute atomic E-state index is 0.0500. The maximum absolute atomic E-state index is 12.6. The van der Waals surface area contributed by atoms with Crippen molar-refractivity contribution in [3.05, 3.63) is 85.9 Å². The first-order valence-electron chi connectivity index (χ1n) is 10.3. The number of aryl methyl sites for hydroxylation is 1. The van der Waals surface area contributed by atoms with Crippen LogP contribution in [-0.2, 0) is 6.42 Å². The van der Waals surface area contributed by atoms with Gasteiger partial charge < -0.3 is 5.32 Å². The summed E-state index contributed by atoms with van der Waals surface area (Å²) in [5, 5.41) is 22.9. The first kappa shape index (κ1) is 22.7. The van der Waals surface area contributed by atoms with Crippen LogP contribution in [0.4, 0.5) is 11.4 Å². The molecule has 0 unspecified atom stereocenters. The molecule has 0 atom stereocenters. The molecule has 1 N–H and O–H groups in total. The number of fused-ring (bicyclic) bond motifs is 1.